The number of halogens is 2. The van der Waals surface area contributed by atoms with Crippen LogP contribution in [0.5, 0.6) is 5.88 Å². The SMILES string of the molecule is CCc1nc2c(C)cc(-c3ccc(C(=O)N4CCN(CCO)CC4)cc3)cn2c1OC(=O)NCc1cc(Cl)cc(Cl)c1. The summed E-state index contributed by atoms with van der Waals surface area (Å²) < 4.78 is 7.57. The molecular weight excluding hydrogens is 577 g/mol. The zero-order chi connectivity index (χ0) is 29.8. The van der Waals surface area contributed by atoms with E-state index in [4.69, 9.17) is 38.0 Å². The molecular formula is C31H33Cl2N5O4. The average Bonchev–Trinajstić information content (AvgIpc) is 3.33. The zero-order valence-electron chi connectivity index (χ0n) is 23.6. The van der Waals surface area contributed by atoms with Gasteiger partial charge in [-0.3, -0.25) is 14.1 Å². The number of amides is 2. The Morgan fingerprint density at radius 3 is 2.33 bits per heavy atom. The maximum absolute atomic E-state index is 13.1. The maximum atomic E-state index is 13.1. The fourth-order valence-electron chi connectivity index (χ4n) is 5.15. The highest BCUT2D eigenvalue weighted by Gasteiger charge is 2.22. The lowest BCUT2D eigenvalue weighted by molar-refractivity contribution is 0.0615. The summed E-state index contributed by atoms with van der Waals surface area (Å²) in [6, 6.07) is 14.7. The summed E-state index contributed by atoms with van der Waals surface area (Å²) in [5, 5.41) is 12.9. The first-order valence-corrected chi connectivity index (χ1v) is 14.7. The van der Waals surface area contributed by atoms with Crippen molar-refractivity contribution in [2.75, 3.05) is 39.3 Å². The number of aryl methyl sites for hydroxylation is 2. The number of hydrogen-bond donors (Lipinski definition) is 2. The summed E-state index contributed by atoms with van der Waals surface area (Å²) in [6.45, 7) is 7.67. The second kappa shape index (κ2) is 13.1. The molecule has 9 nitrogen and oxygen atoms in total. The number of pyridine rings is 1. The van der Waals surface area contributed by atoms with Crippen molar-refractivity contribution in [3.8, 4) is 17.0 Å². The molecule has 5 rings (SSSR count). The Bertz CT molecular complexity index is 1580. The van der Waals surface area contributed by atoms with Crippen LogP contribution in [-0.2, 0) is 13.0 Å². The van der Waals surface area contributed by atoms with E-state index < -0.39 is 6.09 Å². The molecule has 0 saturated carbocycles. The third-order valence-electron chi connectivity index (χ3n) is 7.35. The number of nitrogens with zero attached hydrogens (tertiary/aromatic N) is 4. The van der Waals surface area contributed by atoms with Gasteiger partial charge in [0.2, 0.25) is 5.88 Å². The molecule has 2 aromatic heterocycles. The lowest BCUT2D eigenvalue weighted by atomic mass is 10.0. The Morgan fingerprint density at radius 2 is 1.69 bits per heavy atom. The third kappa shape index (κ3) is 6.71. The van der Waals surface area contributed by atoms with Gasteiger partial charge in [0.15, 0.2) is 0 Å². The van der Waals surface area contributed by atoms with E-state index in [1.165, 1.54) is 0 Å². The molecule has 0 unspecified atom stereocenters. The first kappa shape index (κ1) is 29.8. The monoisotopic (exact) mass is 609 g/mol. The number of aromatic nitrogens is 2. The van der Waals surface area contributed by atoms with E-state index in [0.717, 1.165) is 35.3 Å². The van der Waals surface area contributed by atoms with Crippen LogP contribution < -0.4 is 10.1 Å². The molecule has 1 fully saturated rings. The van der Waals surface area contributed by atoms with Gasteiger partial charge in [0.05, 0.1) is 6.61 Å². The molecule has 42 heavy (non-hydrogen) atoms. The molecule has 4 aromatic rings. The van der Waals surface area contributed by atoms with Crippen LogP contribution in [-0.4, -0.2) is 75.6 Å². The van der Waals surface area contributed by atoms with Gasteiger partial charge in [-0.1, -0.05) is 42.3 Å². The van der Waals surface area contributed by atoms with Crippen molar-refractivity contribution >= 4 is 40.8 Å². The number of piperazine rings is 1. The Balaban J connectivity index is 1.33. The lowest BCUT2D eigenvalue weighted by Crippen LogP contribution is -2.49. The van der Waals surface area contributed by atoms with Crippen LogP contribution in [0.1, 0.15) is 34.1 Å². The molecule has 1 saturated heterocycles. The summed E-state index contributed by atoms with van der Waals surface area (Å²) in [6.07, 6.45) is 1.85. The third-order valence-corrected chi connectivity index (χ3v) is 7.79. The largest absolute Gasteiger partial charge is 0.414 e. The molecule has 1 aliphatic rings. The summed E-state index contributed by atoms with van der Waals surface area (Å²) in [7, 11) is 0. The molecule has 220 valence electrons. The lowest BCUT2D eigenvalue weighted by Gasteiger charge is -2.34. The number of benzene rings is 2. The Morgan fingerprint density at radius 1 is 1.00 bits per heavy atom. The van der Waals surface area contributed by atoms with E-state index in [9.17, 15) is 9.59 Å². The fraction of sp³-hybridized carbons (Fsp3) is 0.323. The number of carbonyl (C=O) groups excluding carboxylic acids is 2. The number of nitrogens with one attached hydrogen (secondary N) is 1. The Hall–Kier alpha value is -3.63. The fourth-order valence-corrected chi connectivity index (χ4v) is 5.72. The Labute approximate surface area is 254 Å². The van der Waals surface area contributed by atoms with Gasteiger partial charge in [-0.05, 0) is 72.0 Å². The van der Waals surface area contributed by atoms with Crippen molar-refractivity contribution in [2.45, 2.75) is 26.8 Å². The number of aliphatic hydroxyl groups excluding tert-OH is 1. The van der Waals surface area contributed by atoms with Gasteiger partial charge in [-0.2, -0.15) is 0 Å². The van der Waals surface area contributed by atoms with Crippen molar-refractivity contribution < 1.29 is 19.4 Å². The van der Waals surface area contributed by atoms with E-state index in [1.54, 1.807) is 22.6 Å². The molecule has 0 bridgehead atoms. The van der Waals surface area contributed by atoms with Crippen LogP contribution >= 0.6 is 23.2 Å². The molecule has 11 heteroatoms. The number of carbonyl (C=O) groups is 2. The second-order valence-corrected chi connectivity index (χ2v) is 11.2. The van der Waals surface area contributed by atoms with Crippen molar-refractivity contribution in [3.63, 3.8) is 0 Å². The van der Waals surface area contributed by atoms with Crippen molar-refractivity contribution in [1.29, 1.82) is 0 Å². The summed E-state index contributed by atoms with van der Waals surface area (Å²) in [5.41, 5.74) is 5.49. The average molecular weight is 611 g/mol. The molecule has 2 N–H and O–H groups in total. The van der Waals surface area contributed by atoms with E-state index in [1.807, 2.05) is 55.3 Å². The van der Waals surface area contributed by atoms with Crippen LogP contribution in [0.4, 0.5) is 4.79 Å². The smallest absolute Gasteiger partial charge is 0.395 e. The molecule has 0 radical (unpaired) electrons. The molecule has 0 spiro atoms. The van der Waals surface area contributed by atoms with Crippen molar-refractivity contribution in [2.24, 2.45) is 0 Å². The van der Waals surface area contributed by atoms with Gasteiger partial charge in [0, 0.05) is 61.1 Å². The number of rotatable bonds is 8. The molecule has 0 aliphatic carbocycles. The number of ether oxygens (including phenoxy) is 1. The minimum atomic E-state index is -0.620. The molecule has 0 atom stereocenters. The minimum absolute atomic E-state index is 0.000715. The second-order valence-electron chi connectivity index (χ2n) is 10.3. The van der Waals surface area contributed by atoms with Gasteiger partial charge < -0.3 is 20.1 Å². The van der Waals surface area contributed by atoms with Crippen LogP contribution in [0.3, 0.4) is 0 Å². The van der Waals surface area contributed by atoms with Crippen molar-refractivity contribution in [1.82, 2.24) is 24.5 Å². The normalized spacial score (nSPS) is 13.9. The topological polar surface area (TPSA) is 99.4 Å². The van der Waals surface area contributed by atoms with Gasteiger partial charge in [-0.15, -0.1) is 0 Å². The van der Waals surface area contributed by atoms with E-state index in [-0.39, 0.29) is 19.1 Å². The minimum Gasteiger partial charge on any atom is -0.395 e. The highest BCUT2D eigenvalue weighted by Crippen LogP contribution is 2.29. The van der Waals surface area contributed by atoms with Gasteiger partial charge >= 0.3 is 6.09 Å². The number of β-amino-alcohol motifs (C(OH)–C–C–N with tert-alkyl or cyclic N) is 1. The van der Waals surface area contributed by atoms with Crippen LogP contribution in [0, 0.1) is 6.92 Å². The number of fused-ring (bicyclic) bond motifs is 1. The number of imidazole rings is 1. The van der Waals surface area contributed by atoms with Crippen molar-refractivity contribution in [3.05, 3.63) is 87.2 Å². The van der Waals surface area contributed by atoms with Crippen LogP contribution in [0.25, 0.3) is 16.8 Å². The van der Waals surface area contributed by atoms with Crippen LogP contribution in [0.2, 0.25) is 10.0 Å². The quantitative estimate of drug-likeness (QED) is 0.284. The number of hydrogen-bond acceptors (Lipinski definition) is 6. The van der Waals surface area contributed by atoms with E-state index in [0.29, 0.717) is 58.9 Å². The van der Waals surface area contributed by atoms with E-state index in [2.05, 4.69) is 10.2 Å². The van der Waals surface area contributed by atoms with Gasteiger partial charge in [0.1, 0.15) is 11.3 Å². The van der Waals surface area contributed by atoms with Crippen LogP contribution in [0.15, 0.2) is 54.7 Å². The number of aliphatic hydroxyl groups is 1. The highest BCUT2D eigenvalue weighted by molar-refractivity contribution is 6.34. The summed E-state index contributed by atoms with van der Waals surface area (Å²) in [4.78, 5) is 34.6. The molecule has 3 heterocycles. The first-order chi connectivity index (χ1) is 20.2. The first-order valence-electron chi connectivity index (χ1n) is 13.9. The van der Waals surface area contributed by atoms with E-state index >= 15 is 0 Å². The van der Waals surface area contributed by atoms with Gasteiger partial charge in [0.25, 0.3) is 5.91 Å². The summed E-state index contributed by atoms with van der Waals surface area (Å²) >= 11 is 12.1. The predicted octanol–water partition coefficient (Wildman–Crippen LogP) is 5.22. The Kier molecular flexibility index (Phi) is 9.33. The standard InChI is InChI=1S/C31H33Cl2N5O4/c1-3-27-30(42-31(41)34-18-21-15-25(32)17-26(33)16-21)38-19-24(14-20(2)28(38)35-27)22-4-6-23(7-5-22)29(40)37-10-8-36(9-11-37)12-13-39/h4-7,14-17,19,39H,3,8-13,18H2,1-2H3,(H,34,41). The summed E-state index contributed by atoms with van der Waals surface area (Å²) in [5.74, 6) is 0.354. The highest BCUT2D eigenvalue weighted by atomic mass is 35.5. The maximum Gasteiger partial charge on any atom is 0.414 e. The predicted molar refractivity (Wildman–Crippen MR) is 163 cm³/mol. The molecule has 1 aliphatic heterocycles. The molecule has 2 amide bonds. The molecule has 2 aromatic carbocycles. The van der Waals surface area contributed by atoms with Gasteiger partial charge in [-0.25, -0.2) is 9.78 Å². The zero-order valence-corrected chi connectivity index (χ0v) is 25.1.